The molecular formula is C47H39N5. The van der Waals surface area contributed by atoms with Crippen LogP contribution in [0.15, 0.2) is 152 Å². The summed E-state index contributed by atoms with van der Waals surface area (Å²) in [5.41, 5.74) is 10.3. The lowest BCUT2D eigenvalue weighted by Crippen LogP contribution is -2.55. The molecule has 2 atom stereocenters. The number of rotatable bonds is 5. The molecule has 5 heteroatoms. The Kier molecular flexibility index (Phi) is 6.94. The molecule has 0 amide bonds. The molecule has 1 fully saturated rings. The molecule has 0 saturated heterocycles. The molecule has 8 aromatic rings. The Balaban J connectivity index is 1.15. The fourth-order valence-corrected chi connectivity index (χ4v) is 9.13. The normalized spacial score (nSPS) is 19.5. The second-order valence-electron chi connectivity index (χ2n) is 14.8. The molecule has 52 heavy (non-hydrogen) atoms. The van der Waals surface area contributed by atoms with Crippen molar-refractivity contribution in [1.29, 1.82) is 0 Å². The first-order chi connectivity index (χ1) is 25.5. The van der Waals surface area contributed by atoms with Gasteiger partial charge in [0, 0.05) is 38.7 Å². The van der Waals surface area contributed by atoms with Gasteiger partial charge in [-0.1, -0.05) is 129 Å². The first-order valence-corrected chi connectivity index (χ1v) is 18.4. The first kappa shape index (κ1) is 30.7. The van der Waals surface area contributed by atoms with E-state index in [2.05, 4.69) is 139 Å². The third-order valence-corrected chi connectivity index (χ3v) is 12.0. The molecule has 3 heterocycles. The zero-order chi connectivity index (χ0) is 34.9. The summed E-state index contributed by atoms with van der Waals surface area (Å²) in [6, 6.07) is 54.1. The number of fused-ring (bicyclic) bond motifs is 6. The minimum Gasteiger partial charge on any atom is -0.309 e. The minimum absolute atomic E-state index is 0.0868. The van der Waals surface area contributed by atoms with Crippen LogP contribution in [-0.2, 0) is 5.41 Å². The van der Waals surface area contributed by atoms with E-state index in [1.807, 2.05) is 36.4 Å². The highest BCUT2D eigenvalue weighted by atomic mass is 15.3. The number of para-hydroxylation sites is 2. The van der Waals surface area contributed by atoms with E-state index >= 15 is 0 Å². The average molecular weight is 674 g/mol. The van der Waals surface area contributed by atoms with Gasteiger partial charge in [-0.15, -0.1) is 0 Å². The number of hydrogen-bond acceptors (Lipinski definition) is 4. The maximum absolute atomic E-state index is 5.25. The fourth-order valence-electron chi connectivity index (χ4n) is 9.13. The molecule has 0 radical (unpaired) electrons. The topological polar surface area (TPSA) is 46.8 Å². The summed E-state index contributed by atoms with van der Waals surface area (Å²) in [6.45, 7) is 4.91. The zero-order valence-corrected chi connectivity index (χ0v) is 29.5. The monoisotopic (exact) mass is 673 g/mol. The van der Waals surface area contributed by atoms with Crippen molar-refractivity contribution in [3.63, 3.8) is 0 Å². The maximum Gasteiger partial charge on any atom is 0.234 e. The number of anilines is 2. The maximum atomic E-state index is 5.25. The molecule has 1 saturated carbocycles. The van der Waals surface area contributed by atoms with Crippen LogP contribution in [0.3, 0.4) is 0 Å². The average Bonchev–Trinajstić information content (AvgIpc) is 3.64. The summed E-state index contributed by atoms with van der Waals surface area (Å²) in [7, 11) is 0. The number of nitrogens with zero attached hydrogens (tertiary/aromatic N) is 5. The summed E-state index contributed by atoms with van der Waals surface area (Å²) in [4.78, 5) is 18.0. The van der Waals surface area contributed by atoms with Gasteiger partial charge in [-0.05, 0) is 78.9 Å². The third-order valence-electron chi connectivity index (χ3n) is 12.0. The van der Waals surface area contributed by atoms with Crippen LogP contribution in [0.1, 0.15) is 45.1 Å². The van der Waals surface area contributed by atoms with Crippen LogP contribution in [0.2, 0.25) is 0 Å². The van der Waals surface area contributed by atoms with E-state index in [0.29, 0.717) is 17.6 Å². The predicted molar refractivity (Wildman–Crippen MR) is 213 cm³/mol. The van der Waals surface area contributed by atoms with E-state index in [0.717, 1.165) is 24.0 Å². The molecule has 252 valence electrons. The summed E-state index contributed by atoms with van der Waals surface area (Å²) in [5, 5.41) is 2.53. The van der Waals surface area contributed by atoms with Crippen molar-refractivity contribution in [2.24, 2.45) is 0 Å². The van der Waals surface area contributed by atoms with Gasteiger partial charge in [0.2, 0.25) is 5.95 Å². The second-order valence-corrected chi connectivity index (χ2v) is 14.8. The van der Waals surface area contributed by atoms with Gasteiger partial charge in [-0.3, -0.25) is 0 Å². The highest BCUT2D eigenvalue weighted by Gasteiger charge is 2.58. The lowest BCUT2D eigenvalue weighted by Gasteiger charge is -2.49. The lowest BCUT2D eigenvalue weighted by molar-refractivity contribution is 0.193. The van der Waals surface area contributed by atoms with Crippen LogP contribution in [0, 0.1) is 0 Å². The van der Waals surface area contributed by atoms with E-state index < -0.39 is 0 Å². The first-order valence-electron chi connectivity index (χ1n) is 18.4. The van der Waals surface area contributed by atoms with Crippen LogP contribution >= 0.6 is 0 Å². The van der Waals surface area contributed by atoms with Crippen molar-refractivity contribution >= 4 is 33.4 Å². The number of benzene rings is 6. The molecule has 1 aliphatic heterocycles. The Hall–Kier alpha value is -6.07. The van der Waals surface area contributed by atoms with Gasteiger partial charge in [-0.2, -0.15) is 9.97 Å². The van der Waals surface area contributed by atoms with E-state index in [1.165, 1.54) is 62.7 Å². The molecule has 2 aliphatic rings. The van der Waals surface area contributed by atoms with Gasteiger partial charge in [-0.25, -0.2) is 4.98 Å². The molecule has 2 unspecified atom stereocenters. The lowest BCUT2D eigenvalue weighted by atomic mass is 9.61. The Bertz CT molecular complexity index is 2560. The largest absolute Gasteiger partial charge is 0.309 e. The minimum atomic E-state index is -0.206. The molecule has 0 bridgehead atoms. The van der Waals surface area contributed by atoms with Gasteiger partial charge in [0.05, 0.1) is 16.6 Å². The van der Waals surface area contributed by atoms with Crippen molar-refractivity contribution in [2.45, 2.75) is 50.5 Å². The van der Waals surface area contributed by atoms with Crippen LogP contribution in [-0.4, -0.2) is 25.1 Å². The molecule has 0 N–H and O–H groups in total. The van der Waals surface area contributed by atoms with Crippen molar-refractivity contribution in [3.8, 4) is 39.6 Å². The zero-order valence-electron chi connectivity index (χ0n) is 29.5. The summed E-state index contributed by atoms with van der Waals surface area (Å²) in [5.74, 6) is 2.10. The molecular weight excluding hydrogens is 635 g/mol. The van der Waals surface area contributed by atoms with Crippen LogP contribution < -0.4 is 4.90 Å². The molecule has 10 rings (SSSR count). The SMILES string of the molecule is CC12CCCCC1(C)N(c1nc(-c3ccccc3)nc(-c3ccccc3)n1)c1ccc(-c3ccc4c(c3)c3ccccc3n4-c3ccccc3)cc12. The van der Waals surface area contributed by atoms with Crippen molar-refractivity contribution in [3.05, 3.63) is 157 Å². The van der Waals surface area contributed by atoms with Gasteiger partial charge < -0.3 is 9.47 Å². The van der Waals surface area contributed by atoms with Crippen LogP contribution in [0.25, 0.3) is 61.4 Å². The van der Waals surface area contributed by atoms with E-state index in [1.54, 1.807) is 0 Å². The Morgan fingerprint density at radius 1 is 0.500 bits per heavy atom. The van der Waals surface area contributed by atoms with E-state index in [-0.39, 0.29) is 11.0 Å². The van der Waals surface area contributed by atoms with Crippen molar-refractivity contribution < 1.29 is 0 Å². The van der Waals surface area contributed by atoms with Crippen molar-refractivity contribution in [2.75, 3.05) is 4.90 Å². The standard InChI is InChI=1S/C47H39N5/c1-46-28-14-15-29-47(46,2)52(45-49-43(32-16-6-3-7-17-32)48-44(50-45)33-18-8-4-9-19-33)42-27-25-35(31-39(42)46)34-24-26-41-38(30-34)37-22-12-13-23-40(37)51(41)36-20-10-5-11-21-36/h3-13,16-27,30-31H,14-15,28-29H2,1-2H3. The van der Waals surface area contributed by atoms with Gasteiger partial charge in [0.25, 0.3) is 0 Å². The Morgan fingerprint density at radius 2 is 1.08 bits per heavy atom. The van der Waals surface area contributed by atoms with Gasteiger partial charge >= 0.3 is 0 Å². The molecule has 6 aromatic carbocycles. The molecule has 2 aromatic heterocycles. The smallest absolute Gasteiger partial charge is 0.234 e. The summed E-state index contributed by atoms with van der Waals surface area (Å²) in [6.07, 6.45) is 4.55. The second kappa shape index (κ2) is 11.7. The summed E-state index contributed by atoms with van der Waals surface area (Å²) >= 11 is 0. The predicted octanol–water partition coefficient (Wildman–Crippen LogP) is 11.7. The van der Waals surface area contributed by atoms with Crippen molar-refractivity contribution in [1.82, 2.24) is 19.5 Å². The highest BCUT2D eigenvalue weighted by Crippen LogP contribution is 2.61. The molecule has 1 aliphatic carbocycles. The number of hydrogen-bond donors (Lipinski definition) is 0. The van der Waals surface area contributed by atoms with E-state index in [9.17, 15) is 0 Å². The number of aromatic nitrogens is 4. The highest BCUT2D eigenvalue weighted by molar-refractivity contribution is 6.10. The third kappa shape index (κ3) is 4.58. The van der Waals surface area contributed by atoms with E-state index in [4.69, 9.17) is 15.0 Å². The Labute approximate surface area is 304 Å². The fraction of sp³-hybridized carbons (Fsp3) is 0.170. The van der Waals surface area contributed by atoms with Gasteiger partial charge in [0.1, 0.15) is 0 Å². The Morgan fingerprint density at radius 3 is 1.79 bits per heavy atom. The van der Waals surface area contributed by atoms with Gasteiger partial charge in [0.15, 0.2) is 11.6 Å². The summed E-state index contributed by atoms with van der Waals surface area (Å²) < 4.78 is 2.38. The molecule has 5 nitrogen and oxygen atoms in total. The van der Waals surface area contributed by atoms with Crippen LogP contribution in [0.5, 0.6) is 0 Å². The van der Waals surface area contributed by atoms with Crippen LogP contribution in [0.4, 0.5) is 11.6 Å². The molecule has 0 spiro atoms. The quantitative estimate of drug-likeness (QED) is 0.182.